The molecule has 4 aromatic rings. The molecule has 0 atom stereocenters. The van der Waals surface area contributed by atoms with Crippen molar-refractivity contribution in [3.8, 4) is 6.07 Å². The molecule has 2 heterocycles. The summed E-state index contributed by atoms with van der Waals surface area (Å²) in [6.45, 7) is 0. The van der Waals surface area contributed by atoms with Crippen LogP contribution in [0.4, 0.5) is 0 Å². The number of aromatic amines is 1. The Morgan fingerprint density at radius 3 is 2.69 bits per heavy atom. The highest BCUT2D eigenvalue weighted by Gasteiger charge is 2.09. The molecule has 0 aliphatic heterocycles. The Labute approximate surface area is 164 Å². The maximum absolute atomic E-state index is 9.54. The molecule has 0 amide bonds. The van der Waals surface area contributed by atoms with Gasteiger partial charge < -0.3 is 4.98 Å². The molecule has 2 aromatic carbocycles. The van der Waals surface area contributed by atoms with Gasteiger partial charge in [-0.3, -0.25) is 0 Å². The molecule has 0 aliphatic rings. The number of nitriles is 1. The van der Waals surface area contributed by atoms with Crippen molar-refractivity contribution in [1.82, 2.24) is 9.97 Å². The van der Waals surface area contributed by atoms with Crippen molar-refractivity contribution in [2.45, 2.75) is 9.10 Å². The van der Waals surface area contributed by atoms with Gasteiger partial charge in [-0.05, 0) is 54.6 Å². The van der Waals surface area contributed by atoms with Crippen LogP contribution < -0.4 is 0 Å². The van der Waals surface area contributed by atoms with Crippen molar-refractivity contribution in [3.63, 3.8) is 0 Å². The van der Waals surface area contributed by atoms with Crippen molar-refractivity contribution in [3.05, 3.63) is 76.4 Å². The van der Waals surface area contributed by atoms with E-state index < -0.39 is 0 Å². The van der Waals surface area contributed by atoms with E-state index in [1.165, 1.54) is 0 Å². The first-order chi connectivity index (χ1) is 12.7. The minimum absolute atomic E-state index is 0.520. The first kappa shape index (κ1) is 16.9. The number of halogens is 1. The Balaban J connectivity index is 1.59. The molecular formula is C20H12ClN3S2. The summed E-state index contributed by atoms with van der Waals surface area (Å²) in [4.78, 5) is 9.85. The molecule has 3 nitrogen and oxygen atoms in total. The number of nitrogens with zero attached hydrogens (tertiary/aromatic N) is 2. The molecule has 126 valence electrons. The standard InChI is InChI=1S/C20H12ClN3S2/c21-14-5-7-15(8-6-14)25-19-10-9-16(26-19)11-13(12-22)20-23-17-3-1-2-4-18(17)24-20/h1-11H,(H,23,24)/b13-11+. The van der Waals surface area contributed by atoms with Crippen molar-refractivity contribution in [2.24, 2.45) is 0 Å². The third kappa shape index (κ3) is 3.68. The Morgan fingerprint density at radius 1 is 1.12 bits per heavy atom. The number of allylic oxidation sites excluding steroid dienone is 1. The highest BCUT2D eigenvalue weighted by atomic mass is 35.5. The molecule has 26 heavy (non-hydrogen) atoms. The van der Waals surface area contributed by atoms with Crippen molar-refractivity contribution < 1.29 is 0 Å². The second-order valence-electron chi connectivity index (χ2n) is 5.49. The van der Waals surface area contributed by atoms with Gasteiger partial charge in [0.05, 0.1) is 20.8 Å². The lowest BCUT2D eigenvalue weighted by atomic mass is 10.2. The first-order valence-electron chi connectivity index (χ1n) is 7.81. The van der Waals surface area contributed by atoms with E-state index in [4.69, 9.17) is 11.6 Å². The Morgan fingerprint density at radius 2 is 1.92 bits per heavy atom. The van der Waals surface area contributed by atoms with Crippen LogP contribution in [0.3, 0.4) is 0 Å². The number of fused-ring (bicyclic) bond motifs is 1. The fourth-order valence-corrected chi connectivity index (χ4v) is 4.65. The van der Waals surface area contributed by atoms with Gasteiger partial charge in [-0.15, -0.1) is 11.3 Å². The fraction of sp³-hybridized carbons (Fsp3) is 0. The van der Waals surface area contributed by atoms with E-state index in [2.05, 4.69) is 22.1 Å². The second kappa shape index (κ2) is 7.38. The molecule has 0 unspecified atom stereocenters. The Hall–Kier alpha value is -2.52. The molecule has 2 aromatic heterocycles. The number of para-hydroxylation sites is 2. The van der Waals surface area contributed by atoms with E-state index in [1.54, 1.807) is 23.1 Å². The van der Waals surface area contributed by atoms with E-state index in [0.29, 0.717) is 11.4 Å². The zero-order chi connectivity index (χ0) is 17.9. The highest BCUT2D eigenvalue weighted by Crippen LogP contribution is 2.35. The summed E-state index contributed by atoms with van der Waals surface area (Å²) < 4.78 is 1.15. The third-order valence-electron chi connectivity index (χ3n) is 3.69. The Kier molecular flexibility index (Phi) is 4.81. The number of hydrogen-bond donors (Lipinski definition) is 1. The van der Waals surface area contributed by atoms with Crippen LogP contribution in [0, 0.1) is 11.3 Å². The molecule has 0 spiro atoms. The summed E-state index contributed by atoms with van der Waals surface area (Å²) >= 11 is 9.24. The molecule has 4 rings (SSSR count). The lowest BCUT2D eigenvalue weighted by Gasteiger charge is -1.97. The van der Waals surface area contributed by atoms with E-state index in [9.17, 15) is 5.26 Å². The second-order valence-corrected chi connectivity index (χ2v) is 8.41. The molecule has 0 radical (unpaired) electrons. The van der Waals surface area contributed by atoms with E-state index in [0.717, 1.165) is 30.0 Å². The van der Waals surface area contributed by atoms with Gasteiger partial charge in [-0.1, -0.05) is 35.5 Å². The summed E-state index contributed by atoms with van der Waals surface area (Å²) in [6, 6.07) is 21.8. The molecule has 0 fully saturated rings. The predicted octanol–water partition coefficient (Wildman–Crippen LogP) is 6.49. The maximum Gasteiger partial charge on any atom is 0.149 e. The van der Waals surface area contributed by atoms with Gasteiger partial charge in [0.2, 0.25) is 0 Å². The van der Waals surface area contributed by atoms with Crippen molar-refractivity contribution >= 4 is 57.4 Å². The third-order valence-corrected chi connectivity index (χ3v) is 6.11. The number of benzene rings is 2. The van der Waals surface area contributed by atoms with E-state index >= 15 is 0 Å². The average Bonchev–Trinajstić information content (AvgIpc) is 3.28. The zero-order valence-corrected chi connectivity index (χ0v) is 15.8. The average molecular weight is 394 g/mol. The Bertz CT molecular complexity index is 1100. The number of aromatic nitrogens is 2. The van der Waals surface area contributed by atoms with Crippen LogP contribution >= 0.6 is 34.7 Å². The quantitative estimate of drug-likeness (QED) is 0.403. The van der Waals surface area contributed by atoms with Gasteiger partial charge in [0.15, 0.2) is 0 Å². The molecule has 0 aliphatic carbocycles. The van der Waals surface area contributed by atoms with Crippen LogP contribution in [0.1, 0.15) is 10.7 Å². The number of H-pyrrole nitrogens is 1. The van der Waals surface area contributed by atoms with Crippen molar-refractivity contribution in [1.29, 1.82) is 5.26 Å². The van der Waals surface area contributed by atoms with Crippen LogP contribution in [0.5, 0.6) is 0 Å². The minimum atomic E-state index is 0.520. The molecule has 6 heteroatoms. The molecule has 1 N–H and O–H groups in total. The van der Waals surface area contributed by atoms with Gasteiger partial charge in [-0.25, -0.2) is 4.98 Å². The summed E-state index contributed by atoms with van der Waals surface area (Å²) in [7, 11) is 0. The zero-order valence-electron chi connectivity index (χ0n) is 13.4. The number of hydrogen-bond acceptors (Lipinski definition) is 4. The largest absolute Gasteiger partial charge is 0.337 e. The van der Waals surface area contributed by atoms with Crippen LogP contribution in [0.15, 0.2) is 69.8 Å². The van der Waals surface area contributed by atoms with Gasteiger partial charge in [0.1, 0.15) is 11.9 Å². The normalized spacial score (nSPS) is 11.6. The maximum atomic E-state index is 9.54. The summed E-state index contributed by atoms with van der Waals surface area (Å²) in [5.41, 5.74) is 2.30. The van der Waals surface area contributed by atoms with Crippen LogP contribution in [0.2, 0.25) is 5.02 Å². The number of nitrogens with one attached hydrogen (secondary N) is 1. The first-order valence-corrected chi connectivity index (χ1v) is 9.82. The summed E-state index contributed by atoms with van der Waals surface area (Å²) in [5, 5.41) is 10.3. The fourth-order valence-electron chi connectivity index (χ4n) is 2.46. The van der Waals surface area contributed by atoms with E-state index in [1.807, 2.05) is 60.7 Å². The molecular weight excluding hydrogens is 382 g/mol. The summed E-state index contributed by atoms with van der Waals surface area (Å²) in [5.74, 6) is 0.592. The lowest BCUT2D eigenvalue weighted by molar-refractivity contribution is 1.27. The SMILES string of the molecule is N#C/C(=C\c1ccc(Sc2ccc(Cl)cc2)s1)c1nc2ccccc2[nH]1. The van der Waals surface area contributed by atoms with Gasteiger partial charge >= 0.3 is 0 Å². The smallest absolute Gasteiger partial charge is 0.149 e. The minimum Gasteiger partial charge on any atom is -0.337 e. The van der Waals surface area contributed by atoms with E-state index in [-0.39, 0.29) is 0 Å². The van der Waals surface area contributed by atoms with Gasteiger partial charge in [-0.2, -0.15) is 5.26 Å². The number of imidazole rings is 1. The number of rotatable bonds is 4. The highest BCUT2D eigenvalue weighted by molar-refractivity contribution is 8.01. The monoisotopic (exact) mass is 393 g/mol. The van der Waals surface area contributed by atoms with Gasteiger partial charge in [0.25, 0.3) is 0 Å². The molecule has 0 saturated heterocycles. The topological polar surface area (TPSA) is 52.5 Å². The van der Waals surface area contributed by atoms with Crippen LogP contribution in [-0.4, -0.2) is 9.97 Å². The van der Waals surface area contributed by atoms with Crippen LogP contribution in [-0.2, 0) is 0 Å². The molecule has 0 saturated carbocycles. The molecule has 0 bridgehead atoms. The predicted molar refractivity (Wildman–Crippen MR) is 109 cm³/mol. The lowest BCUT2D eigenvalue weighted by Crippen LogP contribution is -1.83. The van der Waals surface area contributed by atoms with Crippen LogP contribution in [0.25, 0.3) is 22.7 Å². The van der Waals surface area contributed by atoms with Gasteiger partial charge in [0, 0.05) is 14.8 Å². The van der Waals surface area contributed by atoms with Crippen molar-refractivity contribution in [2.75, 3.05) is 0 Å². The summed E-state index contributed by atoms with van der Waals surface area (Å²) in [6.07, 6.45) is 1.87. The number of thiophene rings is 1.